The molecule has 0 unspecified atom stereocenters. The summed E-state index contributed by atoms with van der Waals surface area (Å²) >= 11 is 0. The molecule has 0 radical (unpaired) electrons. The predicted octanol–water partition coefficient (Wildman–Crippen LogP) is 0.488. The highest BCUT2D eigenvalue weighted by Gasteiger charge is 2.05. The fourth-order valence-electron chi connectivity index (χ4n) is 1.28. The van der Waals surface area contributed by atoms with E-state index in [9.17, 15) is 9.59 Å². The molecule has 17 heavy (non-hydrogen) atoms. The SMILES string of the molecule is NC(=O)CCC(=O)OCc1cccc(CO)c1. The Bertz CT molecular complexity index is 403. The maximum atomic E-state index is 11.2. The van der Waals surface area contributed by atoms with Gasteiger partial charge in [0.25, 0.3) is 0 Å². The molecule has 92 valence electrons. The van der Waals surface area contributed by atoms with E-state index in [1.54, 1.807) is 24.3 Å². The fourth-order valence-corrected chi connectivity index (χ4v) is 1.28. The number of aliphatic hydroxyl groups is 1. The molecule has 1 amide bonds. The zero-order valence-electron chi connectivity index (χ0n) is 9.39. The van der Waals surface area contributed by atoms with E-state index in [1.165, 1.54) is 0 Å². The van der Waals surface area contributed by atoms with Gasteiger partial charge < -0.3 is 15.6 Å². The lowest BCUT2D eigenvalue weighted by molar-refractivity contribution is -0.146. The van der Waals surface area contributed by atoms with Gasteiger partial charge in [0.2, 0.25) is 5.91 Å². The van der Waals surface area contributed by atoms with Crippen LogP contribution < -0.4 is 5.73 Å². The zero-order valence-corrected chi connectivity index (χ0v) is 9.39. The number of benzene rings is 1. The highest BCUT2D eigenvalue weighted by atomic mass is 16.5. The molecule has 0 heterocycles. The van der Waals surface area contributed by atoms with E-state index in [1.807, 2.05) is 0 Å². The van der Waals surface area contributed by atoms with Crippen LogP contribution in [0.5, 0.6) is 0 Å². The Hall–Kier alpha value is -1.88. The van der Waals surface area contributed by atoms with Crippen molar-refractivity contribution < 1.29 is 19.4 Å². The second-order valence-electron chi connectivity index (χ2n) is 3.61. The van der Waals surface area contributed by atoms with Crippen LogP contribution in [0.15, 0.2) is 24.3 Å². The van der Waals surface area contributed by atoms with E-state index in [4.69, 9.17) is 15.6 Å². The zero-order chi connectivity index (χ0) is 12.7. The number of nitrogens with two attached hydrogens (primary N) is 1. The first-order valence-corrected chi connectivity index (χ1v) is 5.24. The largest absolute Gasteiger partial charge is 0.461 e. The van der Waals surface area contributed by atoms with E-state index in [-0.39, 0.29) is 26.1 Å². The van der Waals surface area contributed by atoms with Gasteiger partial charge in [0.15, 0.2) is 0 Å². The molecule has 0 saturated carbocycles. The number of ether oxygens (including phenoxy) is 1. The molecular formula is C12H15NO4. The average Bonchev–Trinajstić information content (AvgIpc) is 2.34. The number of hydrogen-bond donors (Lipinski definition) is 2. The number of primary amides is 1. The van der Waals surface area contributed by atoms with Gasteiger partial charge in [-0.3, -0.25) is 9.59 Å². The van der Waals surface area contributed by atoms with Crippen molar-refractivity contribution in [1.29, 1.82) is 0 Å². The van der Waals surface area contributed by atoms with E-state index in [0.717, 1.165) is 11.1 Å². The molecule has 0 atom stereocenters. The number of carbonyl (C=O) groups is 2. The summed E-state index contributed by atoms with van der Waals surface area (Å²) in [7, 11) is 0. The highest BCUT2D eigenvalue weighted by Crippen LogP contribution is 2.07. The minimum absolute atomic E-state index is 0.00445. The molecule has 1 aromatic carbocycles. The second-order valence-corrected chi connectivity index (χ2v) is 3.61. The molecule has 0 aliphatic carbocycles. The summed E-state index contributed by atoms with van der Waals surface area (Å²) in [5, 5.41) is 8.93. The predicted molar refractivity (Wildman–Crippen MR) is 60.6 cm³/mol. The van der Waals surface area contributed by atoms with Gasteiger partial charge in [-0.05, 0) is 11.1 Å². The van der Waals surface area contributed by atoms with Gasteiger partial charge in [0, 0.05) is 6.42 Å². The first-order chi connectivity index (χ1) is 8.11. The number of carbonyl (C=O) groups excluding carboxylic acids is 2. The molecule has 5 heteroatoms. The Labute approximate surface area is 99.2 Å². The summed E-state index contributed by atoms with van der Waals surface area (Å²) in [6.07, 6.45) is -0.00939. The second kappa shape index (κ2) is 6.65. The minimum Gasteiger partial charge on any atom is -0.461 e. The Morgan fingerprint density at radius 2 is 1.94 bits per heavy atom. The van der Waals surface area contributed by atoms with E-state index in [2.05, 4.69) is 0 Å². The third-order valence-electron chi connectivity index (χ3n) is 2.15. The summed E-state index contributed by atoms with van der Waals surface area (Å²) < 4.78 is 4.95. The lowest BCUT2D eigenvalue weighted by atomic mass is 10.1. The number of hydrogen-bond acceptors (Lipinski definition) is 4. The molecule has 0 aliphatic heterocycles. The molecular weight excluding hydrogens is 222 g/mol. The maximum absolute atomic E-state index is 11.2. The van der Waals surface area contributed by atoms with Gasteiger partial charge in [0.1, 0.15) is 6.61 Å². The van der Waals surface area contributed by atoms with Crippen molar-refractivity contribution in [3.8, 4) is 0 Å². The Kier molecular flexibility index (Phi) is 5.16. The van der Waals surface area contributed by atoms with Crippen LogP contribution in [0.25, 0.3) is 0 Å². The third kappa shape index (κ3) is 5.12. The minimum atomic E-state index is -0.524. The van der Waals surface area contributed by atoms with Crippen LogP contribution >= 0.6 is 0 Å². The standard InChI is InChI=1S/C12H15NO4/c13-11(15)4-5-12(16)17-8-10-3-1-2-9(6-10)7-14/h1-3,6,14H,4-5,7-8H2,(H2,13,15). The van der Waals surface area contributed by atoms with Gasteiger partial charge in [0.05, 0.1) is 13.0 Å². The molecule has 0 spiro atoms. The van der Waals surface area contributed by atoms with Gasteiger partial charge in [-0.15, -0.1) is 0 Å². The molecule has 0 saturated heterocycles. The van der Waals surface area contributed by atoms with Crippen LogP contribution in [0.2, 0.25) is 0 Å². The summed E-state index contributed by atoms with van der Waals surface area (Å²) in [5.74, 6) is -0.984. The summed E-state index contributed by atoms with van der Waals surface area (Å²) in [4.78, 5) is 21.6. The van der Waals surface area contributed by atoms with Gasteiger partial charge in [-0.2, -0.15) is 0 Å². The fraction of sp³-hybridized carbons (Fsp3) is 0.333. The van der Waals surface area contributed by atoms with Crippen molar-refractivity contribution in [3.63, 3.8) is 0 Å². The van der Waals surface area contributed by atoms with Crippen LogP contribution in [0, 0.1) is 0 Å². The van der Waals surface area contributed by atoms with E-state index < -0.39 is 11.9 Å². The van der Waals surface area contributed by atoms with Crippen LogP contribution in [-0.2, 0) is 27.5 Å². The molecule has 3 N–H and O–H groups in total. The quantitative estimate of drug-likeness (QED) is 0.704. The van der Waals surface area contributed by atoms with Crippen molar-refractivity contribution in [3.05, 3.63) is 35.4 Å². The van der Waals surface area contributed by atoms with Crippen molar-refractivity contribution >= 4 is 11.9 Å². The van der Waals surface area contributed by atoms with Crippen molar-refractivity contribution in [1.82, 2.24) is 0 Å². The maximum Gasteiger partial charge on any atom is 0.306 e. The normalized spacial score (nSPS) is 9.94. The van der Waals surface area contributed by atoms with E-state index in [0.29, 0.717) is 0 Å². The highest BCUT2D eigenvalue weighted by molar-refractivity contribution is 5.79. The third-order valence-corrected chi connectivity index (χ3v) is 2.15. The average molecular weight is 237 g/mol. The van der Waals surface area contributed by atoms with Crippen LogP contribution in [-0.4, -0.2) is 17.0 Å². The monoisotopic (exact) mass is 237 g/mol. The molecule has 5 nitrogen and oxygen atoms in total. The number of aliphatic hydroxyl groups excluding tert-OH is 1. The van der Waals surface area contributed by atoms with Crippen molar-refractivity contribution in [2.45, 2.75) is 26.1 Å². The summed E-state index contributed by atoms with van der Waals surface area (Å²) in [6, 6.07) is 7.10. The molecule has 0 fully saturated rings. The lowest BCUT2D eigenvalue weighted by Gasteiger charge is -2.05. The molecule has 0 aromatic heterocycles. The van der Waals surface area contributed by atoms with Crippen molar-refractivity contribution in [2.24, 2.45) is 5.73 Å². The van der Waals surface area contributed by atoms with Crippen LogP contribution in [0.3, 0.4) is 0 Å². The smallest absolute Gasteiger partial charge is 0.306 e. The van der Waals surface area contributed by atoms with Gasteiger partial charge in [-0.25, -0.2) is 0 Å². The first kappa shape index (κ1) is 13.2. The van der Waals surface area contributed by atoms with Crippen molar-refractivity contribution in [2.75, 3.05) is 0 Å². The van der Waals surface area contributed by atoms with Crippen LogP contribution in [0.4, 0.5) is 0 Å². The molecule has 1 aromatic rings. The molecule has 1 rings (SSSR count). The van der Waals surface area contributed by atoms with Gasteiger partial charge >= 0.3 is 5.97 Å². The molecule has 0 bridgehead atoms. The first-order valence-electron chi connectivity index (χ1n) is 5.24. The Balaban J connectivity index is 2.39. The Morgan fingerprint density at radius 1 is 1.24 bits per heavy atom. The number of rotatable bonds is 6. The lowest BCUT2D eigenvalue weighted by Crippen LogP contribution is -2.14. The van der Waals surface area contributed by atoms with Crippen LogP contribution in [0.1, 0.15) is 24.0 Å². The van der Waals surface area contributed by atoms with Gasteiger partial charge in [-0.1, -0.05) is 24.3 Å². The van der Waals surface area contributed by atoms with E-state index >= 15 is 0 Å². The number of amides is 1. The number of esters is 1. The summed E-state index contributed by atoms with van der Waals surface area (Å²) in [6.45, 7) is 0.0783. The summed E-state index contributed by atoms with van der Waals surface area (Å²) in [5.41, 5.74) is 6.47. The Morgan fingerprint density at radius 3 is 2.59 bits per heavy atom. The topological polar surface area (TPSA) is 89.6 Å². The molecule has 0 aliphatic rings.